The fourth-order valence-electron chi connectivity index (χ4n) is 3.61. The largest absolute Gasteiger partial charge is 0.475 e. The third-order valence-corrected chi connectivity index (χ3v) is 5.10. The van der Waals surface area contributed by atoms with Crippen LogP contribution in [0.4, 0.5) is 0 Å². The number of amides is 1. The summed E-state index contributed by atoms with van der Waals surface area (Å²) in [5, 5.41) is 9.32. The van der Waals surface area contributed by atoms with Crippen LogP contribution in [0.5, 0.6) is 0 Å². The molecule has 0 spiro atoms. The smallest absolute Gasteiger partial charge is 0.371 e. The van der Waals surface area contributed by atoms with Gasteiger partial charge >= 0.3 is 5.97 Å². The molecule has 1 amide bonds. The van der Waals surface area contributed by atoms with E-state index in [1.807, 2.05) is 0 Å². The number of hydrogen-bond acceptors (Lipinski definition) is 4. The average Bonchev–Trinajstić information content (AvgIpc) is 3.37. The number of carbonyl (C=O) groups excluding carboxylic acids is 1. The standard InChI is InChI=1S/C19H18ClN3O4/c20-19-21-14-7-5-11(9-15(14)22-19)17(24)23(12-3-1-2-4-12)10-13-6-8-16(27-13)18(25)26/h5-9,12H,1-4,10H2,(H,21,22)(H,25,26). The highest BCUT2D eigenvalue weighted by Crippen LogP contribution is 2.28. The molecule has 1 aliphatic carbocycles. The van der Waals surface area contributed by atoms with Gasteiger partial charge in [-0.15, -0.1) is 0 Å². The molecule has 8 heteroatoms. The minimum Gasteiger partial charge on any atom is -0.475 e. The van der Waals surface area contributed by atoms with E-state index in [4.69, 9.17) is 21.1 Å². The third kappa shape index (κ3) is 3.55. The molecule has 3 aromatic rings. The number of carboxylic acids is 1. The SMILES string of the molecule is O=C(O)c1ccc(CN(C(=O)c2ccc3nc(Cl)[nH]c3c2)C2CCCC2)o1. The molecule has 1 fully saturated rings. The zero-order chi connectivity index (χ0) is 19.0. The van der Waals surface area contributed by atoms with E-state index >= 15 is 0 Å². The van der Waals surface area contributed by atoms with Gasteiger partial charge in [0.15, 0.2) is 0 Å². The summed E-state index contributed by atoms with van der Waals surface area (Å²) in [5.41, 5.74) is 1.92. The highest BCUT2D eigenvalue weighted by Gasteiger charge is 2.29. The Bertz CT molecular complexity index is 1000. The highest BCUT2D eigenvalue weighted by atomic mass is 35.5. The van der Waals surface area contributed by atoms with Crippen molar-refractivity contribution in [1.29, 1.82) is 0 Å². The molecule has 1 aromatic carbocycles. The number of nitrogens with zero attached hydrogens (tertiary/aromatic N) is 2. The monoisotopic (exact) mass is 387 g/mol. The Morgan fingerprint density at radius 1 is 1.26 bits per heavy atom. The molecule has 2 heterocycles. The summed E-state index contributed by atoms with van der Waals surface area (Å²) in [7, 11) is 0. The summed E-state index contributed by atoms with van der Waals surface area (Å²) >= 11 is 5.89. The number of aromatic nitrogens is 2. The summed E-state index contributed by atoms with van der Waals surface area (Å²) in [6.07, 6.45) is 4.00. The molecule has 0 bridgehead atoms. The van der Waals surface area contributed by atoms with Crippen molar-refractivity contribution in [3.8, 4) is 0 Å². The number of H-pyrrole nitrogens is 1. The Morgan fingerprint density at radius 3 is 2.74 bits per heavy atom. The Labute approximate surface area is 159 Å². The first-order valence-corrected chi connectivity index (χ1v) is 9.17. The van der Waals surface area contributed by atoms with Crippen molar-refractivity contribution in [1.82, 2.24) is 14.9 Å². The Hall–Kier alpha value is -2.80. The lowest BCUT2D eigenvalue weighted by Crippen LogP contribution is -2.38. The predicted molar refractivity (Wildman–Crippen MR) is 98.9 cm³/mol. The van der Waals surface area contributed by atoms with Crippen molar-refractivity contribution < 1.29 is 19.1 Å². The second-order valence-electron chi connectivity index (χ2n) is 6.70. The minimum atomic E-state index is -1.12. The summed E-state index contributed by atoms with van der Waals surface area (Å²) in [6.45, 7) is 0.235. The van der Waals surface area contributed by atoms with Gasteiger partial charge in [0.2, 0.25) is 11.0 Å². The molecular weight excluding hydrogens is 370 g/mol. The van der Waals surface area contributed by atoms with E-state index < -0.39 is 5.97 Å². The number of nitrogens with one attached hydrogen (secondary N) is 1. The van der Waals surface area contributed by atoms with E-state index in [1.54, 1.807) is 29.2 Å². The number of imidazole rings is 1. The molecule has 7 nitrogen and oxygen atoms in total. The number of fused-ring (bicyclic) bond motifs is 1. The van der Waals surface area contributed by atoms with Crippen LogP contribution in [0.1, 0.15) is 52.4 Å². The molecular formula is C19H18ClN3O4. The molecule has 0 saturated heterocycles. The number of carboxylic acid groups (broad SMARTS) is 1. The molecule has 2 aromatic heterocycles. The second kappa shape index (κ2) is 7.08. The number of furan rings is 1. The number of halogens is 1. The number of hydrogen-bond donors (Lipinski definition) is 2. The van der Waals surface area contributed by atoms with Crippen molar-refractivity contribution in [2.24, 2.45) is 0 Å². The molecule has 0 atom stereocenters. The van der Waals surface area contributed by atoms with Gasteiger partial charge in [0.25, 0.3) is 5.91 Å². The van der Waals surface area contributed by atoms with Crippen LogP contribution in [0.15, 0.2) is 34.7 Å². The van der Waals surface area contributed by atoms with E-state index in [0.717, 1.165) is 25.7 Å². The fraction of sp³-hybridized carbons (Fsp3) is 0.316. The van der Waals surface area contributed by atoms with Gasteiger partial charge in [-0.3, -0.25) is 4.79 Å². The van der Waals surface area contributed by atoms with Crippen LogP contribution in [0.25, 0.3) is 11.0 Å². The van der Waals surface area contributed by atoms with Crippen LogP contribution in [-0.2, 0) is 6.54 Å². The van der Waals surface area contributed by atoms with Crippen molar-refractivity contribution in [3.05, 3.63) is 52.7 Å². The maximum atomic E-state index is 13.2. The Balaban J connectivity index is 1.63. The molecule has 140 valence electrons. The van der Waals surface area contributed by atoms with Gasteiger partial charge in [-0.05, 0) is 54.8 Å². The number of benzene rings is 1. The Morgan fingerprint density at radius 2 is 2.04 bits per heavy atom. The number of rotatable bonds is 5. The molecule has 1 aliphatic rings. The van der Waals surface area contributed by atoms with Crippen LogP contribution in [0.2, 0.25) is 5.28 Å². The number of aromatic amines is 1. The minimum absolute atomic E-state index is 0.108. The first-order valence-electron chi connectivity index (χ1n) is 8.79. The normalized spacial score (nSPS) is 14.7. The molecule has 0 radical (unpaired) electrons. The van der Waals surface area contributed by atoms with Gasteiger partial charge in [0, 0.05) is 11.6 Å². The van der Waals surface area contributed by atoms with E-state index in [0.29, 0.717) is 22.4 Å². The van der Waals surface area contributed by atoms with E-state index in [1.165, 1.54) is 6.07 Å². The lowest BCUT2D eigenvalue weighted by atomic mass is 10.1. The van der Waals surface area contributed by atoms with Gasteiger partial charge in [0.05, 0.1) is 17.6 Å². The summed E-state index contributed by atoms with van der Waals surface area (Å²) in [5.74, 6) is -0.917. The van der Waals surface area contributed by atoms with Crippen LogP contribution >= 0.6 is 11.6 Å². The van der Waals surface area contributed by atoms with Crippen molar-refractivity contribution in [2.45, 2.75) is 38.3 Å². The number of aromatic carboxylic acids is 1. The van der Waals surface area contributed by atoms with Crippen LogP contribution in [0.3, 0.4) is 0 Å². The second-order valence-corrected chi connectivity index (χ2v) is 7.06. The van der Waals surface area contributed by atoms with Gasteiger partial charge in [-0.25, -0.2) is 9.78 Å². The molecule has 27 heavy (non-hydrogen) atoms. The van der Waals surface area contributed by atoms with E-state index in [2.05, 4.69) is 9.97 Å². The van der Waals surface area contributed by atoms with Crippen molar-refractivity contribution >= 4 is 34.5 Å². The van der Waals surface area contributed by atoms with Crippen molar-refractivity contribution in [3.63, 3.8) is 0 Å². The zero-order valence-electron chi connectivity index (χ0n) is 14.4. The maximum Gasteiger partial charge on any atom is 0.371 e. The molecule has 0 unspecified atom stereocenters. The van der Waals surface area contributed by atoms with Gasteiger partial charge in [-0.2, -0.15) is 0 Å². The lowest BCUT2D eigenvalue weighted by Gasteiger charge is -2.28. The summed E-state index contributed by atoms with van der Waals surface area (Å²) < 4.78 is 5.37. The molecule has 1 saturated carbocycles. The quantitative estimate of drug-likeness (QED) is 0.686. The average molecular weight is 388 g/mol. The molecule has 2 N–H and O–H groups in total. The van der Waals surface area contributed by atoms with E-state index in [-0.39, 0.29) is 29.5 Å². The maximum absolute atomic E-state index is 13.2. The van der Waals surface area contributed by atoms with Crippen LogP contribution < -0.4 is 0 Å². The molecule has 4 rings (SSSR count). The van der Waals surface area contributed by atoms with Crippen LogP contribution in [0, 0.1) is 0 Å². The number of carbonyl (C=O) groups is 2. The van der Waals surface area contributed by atoms with Gasteiger partial charge in [-0.1, -0.05) is 12.8 Å². The Kier molecular flexibility index (Phi) is 4.61. The highest BCUT2D eigenvalue weighted by molar-refractivity contribution is 6.29. The van der Waals surface area contributed by atoms with Gasteiger partial charge in [0.1, 0.15) is 5.76 Å². The molecule has 0 aliphatic heterocycles. The lowest BCUT2D eigenvalue weighted by molar-refractivity contribution is 0.0634. The predicted octanol–water partition coefficient (Wildman–Crippen LogP) is 4.09. The fourth-order valence-corrected chi connectivity index (χ4v) is 3.80. The van der Waals surface area contributed by atoms with Crippen LogP contribution in [-0.4, -0.2) is 37.9 Å². The van der Waals surface area contributed by atoms with Gasteiger partial charge < -0.3 is 19.4 Å². The van der Waals surface area contributed by atoms with E-state index in [9.17, 15) is 9.59 Å². The third-order valence-electron chi connectivity index (χ3n) is 4.92. The topological polar surface area (TPSA) is 99.4 Å². The summed E-state index contributed by atoms with van der Waals surface area (Å²) in [6, 6.07) is 8.35. The first-order chi connectivity index (χ1) is 13.0. The first kappa shape index (κ1) is 17.6. The zero-order valence-corrected chi connectivity index (χ0v) is 15.2. The van der Waals surface area contributed by atoms with Crippen molar-refractivity contribution in [2.75, 3.05) is 0 Å². The summed E-state index contributed by atoms with van der Waals surface area (Å²) in [4.78, 5) is 33.1.